The fraction of sp³-hybridized carbons (Fsp3) is 0.136. The third-order valence-electron chi connectivity index (χ3n) is 4.74. The predicted octanol–water partition coefficient (Wildman–Crippen LogP) is 4.33. The molecule has 0 unspecified atom stereocenters. The van der Waals surface area contributed by atoms with Gasteiger partial charge < -0.3 is 4.42 Å². The summed E-state index contributed by atoms with van der Waals surface area (Å²) in [7, 11) is -4.03. The normalized spacial score (nSPS) is 17.5. The van der Waals surface area contributed by atoms with Crippen LogP contribution in [0.25, 0.3) is 5.70 Å². The van der Waals surface area contributed by atoms with Crippen molar-refractivity contribution in [1.29, 1.82) is 0 Å². The van der Waals surface area contributed by atoms with Crippen LogP contribution in [-0.4, -0.2) is 18.6 Å². The van der Waals surface area contributed by atoms with Gasteiger partial charge in [0.2, 0.25) is 5.91 Å². The number of rotatable bonds is 4. The minimum atomic E-state index is -4.03. The number of carbonyl (C=O) groups excluding carboxylic acids is 1. The van der Waals surface area contributed by atoms with Gasteiger partial charge in [0.05, 0.1) is 16.9 Å². The topological polar surface area (TPSA) is 67.6 Å². The molecule has 0 N–H and O–H groups in total. The largest absolute Gasteiger partial charge is 0.469 e. The summed E-state index contributed by atoms with van der Waals surface area (Å²) in [6.45, 7) is 1.88. The number of hydrogen-bond donors (Lipinski definition) is 0. The van der Waals surface area contributed by atoms with Gasteiger partial charge in [0.1, 0.15) is 5.76 Å². The van der Waals surface area contributed by atoms with E-state index >= 15 is 0 Å². The second kappa shape index (κ2) is 7.13. The van der Waals surface area contributed by atoms with Crippen LogP contribution in [0.4, 0.5) is 0 Å². The Kier molecular flexibility index (Phi) is 4.65. The average molecular weight is 393 g/mol. The van der Waals surface area contributed by atoms with E-state index < -0.39 is 15.9 Å². The second-order valence-corrected chi connectivity index (χ2v) is 8.51. The summed E-state index contributed by atoms with van der Waals surface area (Å²) in [5.41, 5.74) is 1.95. The average Bonchev–Trinajstić information content (AvgIpc) is 3.23. The molecule has 0 radical (unpaired) electrons. The Morgan fingerprint density at radius 3 is 2.32 bits per heavy atom. The predicted molar refractivity (Wildman–Crippen MR) is 106 cm³/mol. The Hall–Kier alpha value is -3.12. The molecule has 2 heterocycles. The summed E-state index contributed by atoms with van der Waals surface area (Å²) in [6.07, 6.45) is 3.36. The van der Waals surface area contributed by atoms with Crippen LogP contribution >= 0.6 is 0 Å². The molecule has 142 valence electrons. The van der Waals surface area contributed by atoms with E-state index in [-0.39, 0.29) is 17.2 Å². The molecule has 28 heavy (non-hydrogen) atoms. The monoisotopic (exact) mass is 393 g/mol. The highest BCUT2D eigenvalue weighted by Crippen LogP contribution is 2.37. The van der Waals surface area contributed by atoms with Crippen molar-refractivity contribution in [3.05, 3.63) is 96.0 Å². The molecule has 0 bridgehead atoms. The molecule has 4 rings (SSSR count). The highest BCUT2D eigenvalue weighted by molar-refractivity contribution is 7.90. The van der Waals surface area contributed by atoms with Gasteiger partial charge in [0, 0.05) is 12.3 Å². The second-order valence-electron chi connectivity index (χ2n) is 6.72. The minimum Gasteiger partial charge on any atom is -0.469 e. The first-order valence-corrected chi connectivity index (χ1v) is 10.4. The van der Waals surface area contributed by atoms with Crippen molar-refractivity contribution in [1.82, 2.24) is 4.31 Å². The Morgan fingerprint density at radius 1 is 0.964 bits per heavy atom. The maximum absolute atomic E-state index is 13.3. The molecular formula is C22H19NO4S. The summed E-state index contributed by atoms with van der Waals surface area (Å²) in [4.78, 5) is 13.1. The van der Waals surface area contributed by atoms with Gasteiger partial charge >= 0.3 is 0 Å². The molecule has 0 fully saturated rings. The number of allylic oxidation sites excluding steroid dienone is 1. The summed E-state index contributed by atoms with van der Waals surface area (Å²) in [6, 6.07) is 19.1. The van der Waals surface area contributed by atoms with Crippen molar-refractivity contribution in [3.63, 3.8) is 0 Å². The van der Waals surface area contributed by atoms with Crippen molar-refractivity contribution >= 4 is 21.6 Å². The maximum Gasteiger partial charge on any atom is 0.270 e. The van der Waals surface area contributed by atoms with E-state index in [4.69, 9.17) is 4.42 Å². The lowest BCUT2D eigenvalue weighted by atomic mass is 9.95. The van der Waals surface area contributed by atoms with E-state index in [0.29, 0.717) is 17.0 Å². The third kappa shape index (κ3) is 3.27. The Bertz CT molecular complexity index is 1120. The lowest BCUT2D eigenvalue weighted by molar-refractivity contribution is -0.125. The quantitative estimate of drug-likeness (QED) is 0.661. The fourth-order valence-corrected chi connectivity index (χ4v) is 4.77. The third-order valence-corrected chi connectivity index (χ3v) is 6.49. The number of amides is 1. The Balaban J connectivity index is 1.86. The molecule has 1 amide bonds. The SMILES string of the molecule is Cc1ccc(S(=O)(=O)N2C(=O)C[C@H](c3ccco3)C=C2c2ccccc2)cc1. The zero-order chi connectivity index (χ0) is 19.7. The minimum absolute atomic E-state index is 0.0228. The number of benzene rings is 2. The first-order chi connectivity index (χ1) is 13.5. The van der Waals surface area contributed by atoms with Crippen LogP contribution in [0.2, 0.25) is 0 Å². The summed E-state index contributed by atoms with van der Waals surface area (Å²) >= 11 is 0. The van der Waals surface area contributed by atoms with Gasteiger partial charge in [-0.1, -0.05) is 48.0 Å². The van der Waals surface area contributed by atoms with Crippen LogP contribution in [-0.2, 0) is 14.8 Å². The highest BCUT2D eigenvalue weighted by atomic mass is 32.2. The van der Waals surface area contributed by atoms with Gasteiger partial charge in [-0.2, -0.15) is 0 Å². The van der Waals surface area contributed by atoms with Gasteiger partial charge in [0.25, 0.3) is 10.0 Å². The van der Waals surface area contributed by atoms with Crippen LogP contribution < -0.4 is 0 Å². The van der Waals surface area contributed by atoms with Crippen LogP contribution in [0.1, 0.15) is 29.2 Å². The lowest BCUT2D eigenvalue weighted by Crippen LogP contribution is -2.38. The fourth-order valence-electron chi connectivity index (χ4n) is 3.31. The van der Waals surface area contributed by atoms with E-state index in [1.807, 2.05) is 25.1 Å². The zero-order valence-corrected chi connectivity index (χ0v) is 16.1. The molecule has 5 nitrogen and oxygen atoms in total. The molecule has 0 saturated heterocycles. The molecular weight excluding hydrogens is 374 g/mol. The van der Waals surface area contributed by atoms with Crippen molar-refractivity contribution in [2.75, 3.05) is 0 Å². The Labute approximate surface area is 164 Å². The number of aryl methyl sites for hydroxylation is 1. The van der Waals surface area contributed by atoms with Gasteiger partial charge in [-0.3, -0.25) is 4.79 Å². The van der Waals surface area contributed by atoms with E-state index in [0.717, 1.165) is 9.87 Å². The van der Waals surface area contributed by atoms with Crippen molar-refractivity contribution < 1.29 is 17.6 Å². The highest BCUT2D eigenvalue weighted by Gasteiger charge is 2.38. The number of hydrogen-bond acceptors (Lipinski definition) is 4. The standard InChI is InChI=1S/C22H19NO4S/c1-16-9-11-19(12-10-16)28(25,26)23-20(17-6-3-2-4-7-17)14-18(15-22(23)24)21-8-5-13-27-21/h2-14,18H,15H2,1H3/t18-/m1/s1. The van der Waals surface area contributed by atoms with Gasteiger partial charge in [-0.15, -0.1) is 0 Å². The molecule has 0 saturated carbocycles. The van der Waals surface area contributed by atoms with E-state index in [1.54, 1.807) is 48.7 Å². The summed E-state index contributed by atoms with van der Waals surface area (Å²) in [5, 5.41) is 0. The maximum atomic E-state index is 13.3. The van der Waals surface area contributed by atoms with Crippen molar-refractivity contribution in [2.24, 2.45) is 0 Å². The smallest absolute Gasteiger partial charge is 0.270 e. The first-order valence-electron chi connectivity index (χ1n) is 8.92. The van der Waals surface area contributed by atoms with Gasteiger partial charge in [0.15, 0.2) is 0 Å². The summed E-state index contributed by atoms with van der Waals surface area (Å²) in [5.74, 6) is -0.167. The molecule has 1 aliphatic heterocycles. The number of nitrogens with zero attached hydrogens (tertiary/aromatic N) is 1. The van der Waals surface area contributed by atoms with Crippen LogP contribution in [0, 0.1) is 6.92 Å². The van der Waals surface area contributed by atoms with Crippen molar-refractivity contribution in [2.45, 2.75) is 24.2 Å². The van der Waals surface area contributed by atoms with E-state index in [2.05, 4.69) is 0 Å². The van der Waals surface area contributed by atoms with Crippen molar-refractivity contribution in [3.8, 4) is 0 Å². The molecule has 0 spiro atoms. The molecule has 2 aromatic carbocycles. The van der Waals surface area contributed by atoms with Crippen LogP contribution in [0.15, 0.2) is 88.4 Å². The molecule has 1 atom stereocenters. The molecule has 1 aliphatic rings. The zero-order valence-electron chi connectivity index (χ0n) is 15.3. The summed E-state index contributed by atoms with van der Waals surface area (Å²) < 4.78 is 33.0. The van der Waals surface area contributed by atoms with E-state index in [1.165, 1.54) is 12.1 Å². The number of sulfonamides is 1. The number of furan rings is 1. The lowest BCUT2D eigenvalue weighted by Gasteiger charge is -2.31. The first kappa shape index (κ1) is 18.3. The molecule has 3 aromatic rings. The van der Waals surface area contributed by atoms with Crippen LogP contribution in [0.5, 0.6) is 0 Å². The van der Waals surface area contributed by atoms with Gasteiger partial charge in [-0.05, 0) is 42.8 Å². The molecule has 0 aliphatic carbocycles. The van der Waals surface area contributed by atoms with E-state index in [9.17, 15) is 13.2 Å². The number of carbonyl (C=O) groups is 1. The molecule has 1 aromatic heterocycles. The van der Waals surface area contributed by atoms with Gasteiger partial charge in [-0.25, -0.2) is 12.7 Å². The Morgan fingerprint density at radius 2 is 1.68 bits per heavy atom. The van der Waals surface area contributed by atoms with Crippen LogP contribution in [0.3, 0.4) is 0 Å². The molecule has 6 heteroatoms.